The first kappa shape index (κ1) is 19.1. The molecule has 0 aliphatic carbocycles. The van der Waals surface area contributed by atoms with Crippen molar-refractivity contribution in [2.75, 3.05) is 13.2 Å². The van der Waals surface area contributed by atoms with Crippen LogP contribution in [0.5, 0.6) is 0 Å². The molecule has 116 valence electrons. The van der Waals surface area contributed by atoms with E-state index in [1.807, 2.05) is 0 Å². The molecule has 3 nitrogen and oxygen atoms in total. The lowest BCUT2D eigenvalue weighted by molar-refractivity contribution is 0.241. The fourth-order valence-corrected chi connectivity index (χ4v) is 2.45. The highest BCUT2D eigenvalue weighted by Gasteiger charge is 2.00. The van der Waals surface area contributed by atoms with Crippen LogP contribution in [-0.2, 0) is 19.7 Å². The third-order valence-electron chi connectivity index (χ3n) is 3.10. The van der Waals surface area contributed by atoms with Crippen LogP contribution in [0.4, 0.5) is 0 Å². The minimum Gasteiger partial charge on any atom is -0.268 e. The lowest BCUT2D eigenvalue weighted by Gasteiger charge is -2.04. The second kappa shape index (κ2) is 16.1. The Balaban J connectivity index is 3.10. The monoisotopic (exact) mass is 292 g/mol. The molecule has 4 heteroatoms. The molecule has 0 radical (unpaired) electrons. The van der Waals surface area contributed by atoms with Gasteiger partial charge in [0.2, 0.25) is 0 Å². The zero-order valence-electron chi connectivity index (χ0n) is 12.8. The van der Waals surface area contributed by atoms with E-state index in [9.17, 15) is 4.21 Å². The maximum Gasteiger partial charge on any atom is 0.304 e. The molecule has 0 N–H and O–H groups in total. The van der Waals surface area contributed by atoms with E-state index >= 15 is 0 Å². The summed E-state index contributed by atoms with van der Waals surface area (Å²) >= 11 is -1.54. The smallest absolute Gasteiger partial charge is 0.268 e. The standard InChI is InChI=1S/C15H32O3S/c1-3-5-7-8-9-10-11-13-15-18-19(16)17-14-12-6-4-2/h3-15H2,1-2H3. The number of rotatable bonds is 15. The van der Waals surface area contributed by atoms with Crippen molar-refractivity contribution >= 4 is 11.4 Å². The van der Waals surface area contributed by atoms with Gasteiger partial charge in [-0.2, -0.15) is 4.21 Å². The largest absolute Gasteiger partial charge is 0.304 e. The molecule has 0 bridgehead atoms. The Morgan fingerprint density at radius 2 is 1.00 bits per heavy atom. The summed E-state index contributed by atoms with van der Waals surface area (Å²) in [6, 6.07) is 0. The van der Waals surface area contributed by atoms with Gasteiger partial charge >= 0.3 is 11.4 Å². The van der Waals surface area contributed by atoms with Crippen molar-refractivity contribution in [1.29, 1.82) is 0 Å². The summed E-state index contributed by atoms with van der Waals surface area (Å²) in [7, 11) is 0. The van der Waals surface area contributed by atoms with Crippen molar-refractivity contribution in [2.45, 2.75) is 84.5 Å². The second-order valence-corrected chi connectivity index (χ2v) is 5.91. The minimum absolute atomic E-state index is 0.540. The third kappa shape index (κ3) is 16.0. The van der Waals surface area contributed by atoms with Gasteiger partial charge < -0.3 is 0 Å². The molecule has 0 aromatic rings. The average molecular weight is 292 g/mol. The van der Waals surface area contributed by atoms with Crippen molar-refractivity contribution in [3.63, 3.8) is 0 Å². The summed E-state index contributed by atoms with van der Waals surface area (Å²) in [5, 5.41) is 0. The molecule has 0 aliphatic rings. The highest BCUT2D eigenvalue weighted by Crippen LogP contribution is 2.08. The van der Waals surface area contributed by atoms with Crippen LogP contribution in [0.3, 0.4) is 0 Å². The number of hydrogen-bond donors (Lipinski definition) is 0. The Morgan fingerprint density at radius 1 is 0.632 bits per heavy atom. The fraction of sp³-hybridized carbons (Fsp3) is 1.00. The van der Waals surface area contributed by atoms with Crippen molar-refractivity contribution in [3.8, 4) is 0 Å². The predicted octanol–water partition coefficient (Wildman–Crippen LogP) is 4.93. The van der Waals surface area contributed by atoms with Gasteiger partial charge in [-0.1, -0.05) is 71.6 Å². The molecule has 0 aromatic carbocycles. The summed E-state index contributed by atoms with van der Waals surface area (Å²) in [4.78, 5) is 0. The zero-order chi connectivity index (χ0) is 14.2. The zero-order valence-corrected chi connectivity index (χ0v) is 13.6. The van der Waals surface area contributed by atoms with Crippen molar-refractivity contribution in [1.82, 2.24) is 0 Å². The molecule has 1 atom stereocenters. The molecule has 0 saturated heterocycles. The van der Waals surface area contributed by atoms with E-state index in [-0.39, 0.29) is 0 Å². The van der Waals surface area contributed by atoms with Crippen LogP contribution in [0.25, 0.3) is 0 Å². The van der Waals surface area contributed by atoms with Crippen LogP contribution in [0.1, 0.15) is 84.5 Å². The summed E-state index contributed by atoms with van der Waals surface area (Å²) in [5.41, 5.74) is 0. The quantitative estimate of drug-likeness (QED) is 0.401. The van der Waals surface area contributed by atoms with E-state index in [0.717, 1.165) is 25.7 Å². The first-order valence-corrected chi connectivity index (χ1v) is 8.99. The molecule has 0 aliphatic heterocycles. The first-order valence-electron chi connectivity index (χ1n) is 7.99. The van der Waals surface area contributed by atoms with Gasteiger partial charge in [-0.3, -0.25) is 8.37 Å². The summed E-state index contributed by atoms with van der Waals surface area (Å²) in [6.07, 6.45) is 13.3. The second-order valence-electron chi connectivity index (χ2n) is 5.03. The molecule has 0 heterocycles. The Kier molecular flexibility index (Phi) is 16.2. The molecular formula is C15H32O3S. The predicted molar refractivity (Wildman–Crippen MR) is 82.2 cm³/mol. The lowest BCUT2D eigenvalue weighted by Crippen LogP contribution is -2.04. The number of hydrogen-bond acceptors (Lipinski definition) is 3. The molecule has 0 aromatic heterocycles. The van der Waals surface area contributed by atoms with Gasteiger partial charge in [0.25, 0.3) is 0 Å². The van der Waals surface area contributed by atoms with Crippen LogP contribution < -0.4 is 0 Å². The minimum atomic E-state index is -1.54. The summed E-state index contributed by atoms with van der Waals surface area (Å²) in [5.74, 6) is 0. The Bertz CT molecular complexity index is 198. The molecule has 0 spiro atoms. The van der Waals surface area contributed by atoms with E-state index in [1.165, 1.54) is 44.9 Å². The van der Waals surface area contributed by atoms with Crippen LogP contribution in [0.15, 0.2) is 0 Å². The molecule has 0 saturated carbocycles. The van der Waals surface area contributed by atoms with E-state index in [4.69, 9.17) is 8.37 Å². The molecule has 0 amide bonds. The summed E-state index contributed by atoms with van der Waals surface area (Å²) in [6.45, 7) is 5.46. The molecular weight excluding hydrogens is 260 g/mol. The highest BCUT2D eigenvalue weighted by atomic mass is 32.2. The van der Waals surface area contributed by atoms with Gasteiger partial charge in [-0.05, 0) is 12.8 Å². The third-order valence-corrected chi connectivity index (χ3v) is 3.82. The van der Waals surface area contributed by atoms with Gasteiger partial charge in [0.1, 0.15) is 0 Å². The molecule has 0 rings (SSSR count). The van der Waals surface area contributed by atoms with Gasteiger partial charge in [0, 0.05) is 0 Å². The van der Waals surface area contributed by atoms with Crippen LogP contribution in [0.2, 0.25) is 0 Å². The summed E-state index contributed by atoms with van der Waals surface area (Å²) < 4.78 is 21.5. The topological polar surface area (TPSA) is 35.5 Å². The van der Waals surface area contributed by atoms with E-state index in [0.29, 0.717) is 13.2 Å². The fourth-order valence-electron chi connectivity index (χ4n) is 1.88. The van der Waals surface area contributed by atoms with Crippen molar-refractivity contribution in [3.05, 3.63) is 0 Å². The molecule has 19 heavy (non-hydrogen) atoms. The average Bonchev–Trinajstić information content (AvgIpc) is 2.42. The normalized spacial score (nSPS) is 12.7. The van der Waals surface area contributed by atoms with E-state index in [1.54, 1.807) is 0 Å². The maximum absolute atomic E-state index is 11.3. The number of unbranched alkanes of at least 4 members (excludes halogenated alkanes) is 9. The van der Waals surface area contributed by atoms with E-state index < -0.39 is 11.4 Å². The SMILES string of the molecule is CCCCCCCCCCOS(=O)OCCCCC. The Hall–Kier alpha value is 0.0700. The van der Waals surface area contributed by atoms with Crippen molar-refractivity contribution in [2.24, 2.45) is 0 Å². The highest BCUT2D eigenvalue weighted by molar-refractivity contribution is 7.75. The lowest BCUT2D eigenvalue weighted by atomic mass is 10.1. The molecule has 0 fully saturated rings. The van der Waals surface area contributed by atoms with Crippen LogP contribution >= 0.6 is 0 Å². The molecule has 1 unspecified atom stereocenters. The van der Waals surface area contributed by atoms with Crippen LogP contribution in [-0.4, -0.2) is 17.4 Å². The van der Waals surface area contributed by atoms with Gasteiger partial charge in [0.05, 0.1) is 13.2 Å². The van der Waals surface area contributed by atoms with Crippen molar-refractivity contribution < 1.29 is 12.6 Å². The van der Waals surface area contributed by atoms with Gasteiger partial charge in [0.15, 0.2) is 0 Å². The van der Waals surface area contributed by atoms with Crippen LogP contribution in [0, 0.1) is 0 Å². The van der Waals surface area contributed by atoms with Gasteiger partial charge in [-0.25, -0.2) is 0 Å². The maximum atomic E-state index is 11.3. The Labute approximate surface area is 122 Å². The Morgan fingerprint density at radius 3 is 1.53 bits per heavy atom. The first-order chi connectivity index (χ1) is 9.31. The van der Waals surface area contributed by atoms with Gasteiger partial charge in [-0.15, -0.1) is 0 Å². The van der Waals surface area contributed by atoms with E-state index in [2.05, 4.69) is 13.8 Å².